The zero-order valence-electron chi connectivity index (χ0n) is 9.90. The molecule has 2 aromatic heterocycles. The first kappa shape index (κ1) is 12.1. The number of nitrogens with one attached hydrogen (secondary N) is 1. The van der Waals surface area contributed by atoms with E-state index in [1.807, 2.05) is 31.3 Å². The molecule has 0 aliphatic carbocycles. The fraction of sp³-hybridized carbons (Fsp3) is 0.308. The van der Waals surface area contributed by atoms with Crippen LogP contribution in [0.25, 0.3) is 0 Å². The van der Waals surface area contributed by atoms with Gasteiger partial charge in [0.05, 0.1) is 6.04 Å². The summed E-state index contributed by atoms with van der Waals surface area (Å²) < 4.78 is 5.46. The third-order valence-electron chi connectivity index (χ3n) is 2.55. The Bertz CT molecular complexity index is 478. The molecule has 2 heterocycles. The van der Waals surface area contributed by atoms with Gasteiger partial charge in [-0.2, -0.15) is 0 Å². The van der Waals surface area contributed by atoms with Crippen LogP contribution in [-0.4, -0.2) is 11.5 Å². The summed E-state index contributed by atoms with van der Waals surface area (Å²) in [6.07, 6.45) is 1.86. The van der Waals surface area contributed by atoms with Gasteiger partial charge in [0.1, 0.15) is 5.76 Å². The van der Waals surface area contributed by atoms with Gasteiger partial charge in [0.2, 0.25) is 0 Å². The highest BCUT2D eigenvalue weighted by molar-refractivity contribution is 6.28. The summed E-state index contributed by atoms with van der Waals surface area (Å²) in [5.41, 5.74) is 2.07. The second-order valence-corrected chi connectivity index (χ2v) is 4.24. The summed E-state index contributed by atoms with van der Waals surface area (Å²) >= 11 is 5.81. The molecule has 2 aromatic rings. The minimum atomic E-state index is 0.000556. The zero-order valence-corrected chi connectivity index (χ0v) is 10.7. The van der Waals surface area contributed by atoms with E-state index in [1.54, 1.807) is 6.07 Å². The van der Waals surface area contributed by atoms with Crippen LogP contribution in [0.4, 0.5) is 0 Å². The maximum Gasteiger partial charge on any atom is 0.193 e. The van der Waals surface area contributed by atoms with Crippen molar-refractivity contribution in [2.75, 3.05) is 6.54 Å². The number of furan rings is 1. The molecule has 0 saturated carbocycles. The van der Waals surface area contributed by atoms with Gasteiger partial charge in [0.15, 0.2) is 5.22 Å². The second kappa shape index (κ2) is 5.34. The molecule has 0 saturated heterocycles. The predicted molar refractivity (Wildman–Crippen MR) is 68.2 cm³/mol. The van der Waals surface area contributed by atoms with E-state index in [0.29, 0.717) is 5.22 Å². The molecule has 4 heteroatoms. The molecular formula is C13H15ClN2O. The van der Waals surface area contributed by atoms with Gasteiger partial charge in [0, 0.05) is 11.9 Å². The van der Waals surface area contributed by atoms with Gasteiger partial charge in [-0.1, -0.05) is 13.0 Å². The Hall–Kier alpha value is -1.32. The van der Waals surface area contributed by atoms with Gasteiger partial charge in [-0.15, -0.1) is 0 Å². The van der Waals surface area contributed by atoms with Crippen molar-refractivity contribution in [1.82, 2.24) is 10.3 Å². The largest absolute Gasteiger partial charge is 0.448 e. The van der Waals surface area contributed by atoms with E-state index in [9.17, 15) is 0 Å². The first-order valence-electron chi connectivity index (χ1n) is 5.62. The van der Waals surface area contributed by atoms with Crippen molar-refractivity contribution in [2.45, 2.75) is 19.9 Å². The van der Waals surface area contributed by atoms with Crippen molar-refractivity contribution in [1.29, 1.82) is 0 Å². The molecular weight excluding hydrogens is 236 g/mol. The van der Waals surface area contributed by atoms with Crippen LogP contribution in [0, 0.1) is 6.92 Å². The number of halogens is 1. The Balaban J connectivity index is 2.31. The summed E-state index contributed by atoms with van der Waals surface area (Å²) in [7, 11) is 0. The van der Waals surface area contributed by atoms with E-state index in [4.69, 9.17) is 16.0 Å². The molecule has 90 valence electrons. The van der Waals surface area contributed by atoms with Crippen LogP contribution in [0.2, 0.25) is 5.22 Å². The van der Waals surface area contributed by atoms with Crippen molar-refractivity contribution < 1.29 is 4.42 Å². The highest BCUT2D eigenvalue weighted by Crippen LogP contribution is 2.25. The lowest BCUT2D eigenvalue weighted by Gasteiger charge is -2.15. The SMILES string of the molecule is CCNC(c1ccc(C)nc1)c1ccc(Cl)o1. The summed E-state index contributed by atoms with van der Waals surface area (Å²) in [5.74, 6) is 0.808. The van der Waals surface area contributed by atoms with Crippen LogP contribution in [0.15, 0.2) is 34.9 Å². The number of nitrogens with zero attached hydrogens (tertiary/aromatic N) is 1. The molecule has 0 aliphatic rings. The quantitative estimate of drug-likeness (QED) is 0.905. The van der Waals surface area contributed by atoms with Crippen molar-refractivity contribution in [3.63, 3.8) is 0 Å². The molecule has 0 radical (unpaired) electrons. The Labute approximate surface area is 106 Å². The minimum absolute atomic E-state index is 0.000556. The molecule has 1 unspecified atom stereocenters. The number of aromatic nitrogens is 1. The second-order valence-electron chi connectivity index (χ2n) is 3.87. The van der Waals surface area contributed by atoms with Gasteiger partial charge in [-0.25, -0.2) is 0 Å². The number of hydrogen-bond acceptors (Lipinski definition) is 3. The van der Waals surface area contributed by atoms with E-state index in [1.165, 1.54) is 0 Å². The third-order valence-corrected chi connectivity index (χ3v) is 2.76. The van der Waals surface area contributed by atoms with Crippen LogP contribution < -0.4 is 5.32 Å². The molecule has 0 aromatic carbocycles. The van der Waals surface area contributed by atoms with Gasteiger partial charge < -0.3 is 9.73 Å². The van der Waals surface area contributed by atoms with Crippen molar-refractivity contribution in [3.05, 3.63) is 52.7 Å². The summed E-state index contributed by atoms with van der Waals surface area (Å²) in [5, 5.41) is 3.76. The minimum Gasteiger partial charge on any atom is -0.448 e. The fourth-order valence-electron chi connectivity index (χ4n) is 1.72. The molecule has 2 rings (SSSR count). The Morgan fingerprint density at radius 1 is 1.35 bits per heavy atom. The van der Waals surface area contributed by atoms with Crippen LogP contribution in [0.3, 0.4) is 0 Å². The molecule has 0 spiro atoms. The van der Waals surface area contributed by atoms with Gasteiger partial charge in [0.25, 0.3) is 0 Å². The standard InChI is InChI=1S/C13H15ClN2O/c1-3-15-13(11-6-7-12(14)17-11)10-5-4-9(2)16-8-10/h4-8,13,15H,3H2,1-2H3. The molecule has 0 aliphatic heterocycles. The number of aryl methyl sites for hydroxylation is 1. The highest BCUT2D eigenvalue weighted by atomic mass is 35.5. The smallest absolute Gasteiger partial charge is 0.193 e. The van der Waals surface area contributed by atoms with E-state index < -0.39 is 0 Å². The summed E-state index contributed by atoms with van der Waals surface area (Å²) in [6, 6.07) is 7.68. The zero-order chi connectivity index (χ0) is 12.3. The lowest BCUT2D eigenvalue weighted by molar-refractivity contribution is 0.453. The lowest BCUT2D eigenvalue weighted by atomic mass is 10.1. The first-order valence-corrected chi connectivity index (χ1v) is 5.99. The molecule has 17 heavy (non-hydrogen) atoms. The van der Waals surface area contributed by atoms with E-state index in [-0.39, 0.29) is 6.04 Å². The average Bonchev–Trinajstić information content (AvgIpc) is 2.74. The highest BCUT2D eigenvalue weighted by Gasteiger charge is 2.16. The van der Waals surface area contributed by atoms with Crippen LogP contribution >= 0.6 is 11.6 Å². The van der Waals surface area contributed by atoms with Crippen molar-refractivity contribution >= 4 is 11.6 Å². The molecule has 1 atom stereocenters. The molecule has 0 fully saturated rings. The van der Waals surface area contributed by atoms with Crippen molar-refractivity contribution in [2.24, 2.45) is 0 Å². The van der Waals surface area contributed by atoms with Crippen LogP contribution in [-0.2, 0) is 0 Å². The number of hydrogen-bond donors (Lipinski definition) is 1. The molecule has 0 amide bonds. The summed E-state index contributed by atoms with van der Waals surface area (Å²) in [4.78, 5) is 4.30. The fourth-order valence-corrected chi connectivity index (χ4v) is 1.87. The molecule has 1 N–H and O–H groups in total. The third kappa shape index (κ3) is 2.87. The monoisotopic (exact) mass is 250 g/mol. The average molecular weight is 251 g/mol. The maximum absolute atomic E-state index is 5.81. The number of pyridine rings is 1. The first-order chi connectivity index (χ1) is 8.20. The Morgan fingerprint density at radius 2 is 2.18 bits per heavy atom. The lowest BCUT2D eigenvalue weighted by Crippen LogP contribution is -2.21. The maximum atomic E-state index is 5.81. The molecule has 3 nitrogen and oxygen atoms in total. The predicted octanol–water partition coefficient (Wildman–Crippen LogP) is 3.34. The normalized spacial score (nSPS) is 12.6. The molecule has 0 bridgehead atoms. The number of rotatable bonds is 4. The summed E-state index contributed by atoms with van der Waals surface area (Å²) in [6.45, 7) is 4.87. The van der Waals surface area contributed by atoms with Gasteiger partial charge in [-0.05, 0) is 48.8 Å². The van der Waals surface area contributed by atoms with Crippen LogP contribution in [0.5, 0.6) is 0 Å². The van der Waals surface area contributed by atoms with E-state index in [2.05, 4.69) is 17.2 Å². The topological polar surface area (TPSA) is 38.1 Å². The van der Waals surface area contributed by atoms with Crippen molar-refractivity contribution in [3.8, 4) is 0 Å². The van der Waals surface area contributed by atoms with Gasteiger partial charge >= 0.3 is 0 Å². The van der Waals surface area contributed by atoms with E-state index >= 15 is 0 Å². The Morgan fingerprint density at radius 3 is 2.71 bits per heavy atom. The van der Waals surface area contributed by atoms with E-state index in [0.717, 1.165) is 23.6 Å². The van der Waals surface area contributed by atoms with Gasteiger partial charge in [-0.3, -0.25) is 4.98 Å². The van der Waals surface area contributed by atoms with Crippen LogP contribution in [0.1, 0.15) is 30.0 Å². The Kier molecular flexibility index (Phi) is 3.82.